The van der Waals surface area contributed by atoms with Crippen molar-refractivity contribution in [2.45, 2.75) is 26.4 Å². The van der Waals surface area contributed by atoms with E-state index in [1.807, 2.05) is 13.1 Å². The van der Waals surface area contributed by atoms with Gasteiger partial charge in [-0.3, -0.25) is 0 Å². The second-order valence-corrected chi connectivity index (χ2v) is 5.73. The monoisotopic (exact) mass is 298 g/mol. The Labute approximate surface area is 131 Å². The van der Waals surface area contributed by atoms with Crippen molar-refractivity contribution in [2.24, 2.45) is 5.73 Å². The lowest BCUT2D eigenvalue weighted by atomic mass is 10.0. The molecule has 22 heavy (non-hydrogen) atoms. The van der Waals surface area contributed by atoms with Gasteiger partial charge in [-0.25, -0.2) is 9.97 Å². The van der Waals surface area contributed by atoms with E-state index in [0.717, 1.165) is 30.1 Å². The minimum atomic E-state index is 0.0528. The van der Waals surface area contributed by atoms with Crippen molar-refractivity contribution in [2.75, 3.05) is 25.0 Å². The van der Waals surface area contributed by atoms with Gasteiger partial charge < -0.3 is 15.4 Å². The van der Waals surface area contributed by atoms with Crippen LogP contribution in [0.5, 0.6) is 5.75 Å². The molecular weight excluding hydrogens is 276 g/mol. The smallest absolute Gasteiger partial charge is 0.165 e. The van der Waals surface area contributed by atoms with Gasteiger partial charge >= 0.3 is 0 Å². The SMILES string of the molecule is CCN(C)c1ccnc(-c2cc(C)cc3c2O[C@H](CN)C3)n1. The summed E-state index contributed by atoms with van der Waals surface area (Å²) in [5.74, 6) is 2.50. The predicted octanol–water partition coefficient (Wildman–Crippen LogP) is 2.17. The van der Waals surface area contributed by atoms with Crippen LogP contribution < -0.4 is 15.4 Å². The van der Waals surface area contributed by atoms with Crippen LogP contribution in [0.1, 0.15) is 18.1 Å². The van der Waals surface area contributed by atoms with Gasteiger partial charge in [0, 0.05) is 32.8 Å². The summed E-state index contributed by atoms with van der Waals surface area (Å²) in [6.07, 6.45) is 2.71. The van der Waals surface area contributed by atoms with Crippen molar-refractivity contribution >= 4 is 5.82 Å². The standard InChI is InChI=1S/C17H22N4O/c1-4-21(3)15-5-6-19-17(20-15)14-8-11(2)7-12-9-13(10-18)22-16(12)14/h5-8,13H,4,9-10,18H2,1-3H3/t13-/m0/s1. The Bertz CT molecular complexity index is 686. The van der Waals surface area contributed by atoms with E-state index in [2.05, 4.69) is 40.8 Å². The number of aromatic nitrogens is 2. The van der Waals surface area contributed by atoms with E-state index in [-0.39, 0.29) is 6.10 Å². The van der Waals surface area contributed by atoms with Crippen LogP contribution in [0.2, 0.25) is 0 Å². The van der Waals surface area contributed by atoms with Crippen molar-refractivity contribution in [1.82, 2.24) is 9.97 Å². The van der Waals surface area contributed by atoms with E-state index < -0.39 is 0 Å². The van der Waals surface area contributed by atoms with E-state index in [9.17, 15) is 0 Å². The van der Waals surface area contributed by atoms with Crippen molar-refractivity contribution in [3.8, 4) is 17.1 Å². The Kier molecular flexibility index (Phi) is 3.98. The van der Waals surface area contributed by atoms with E-state index in [0.29, 0.717) is 12.4 Å². The van der Waals surface area contributed by atoms with Gasteiger partial charge in [0.15, 0.2) is 5.82 Å². The van der Waals surface area contributed by atoms with Gasteiger partial charge in [0.25, 0.3) is 0 Å². The molecule has 0 unspecified atom stereocenters. The molecule has 0 aliphatic carbocycles. The average Bonchev–Trinajstić information content (AvgIpc) is 2.96. The Morgan fingerprint density at radius 3 is 2.95 bits per heavy atom. The Morgan fingerprint density at radius 1 is 1.41 bits per heavy atom. The second kappa shape index (κ2) is 5.93. The van der Waals surface area contributed by atoms with Crippen molar-refractivity contribution in [1.29, 1.82) is 0 Å². The highest BCUT2D eigenvalue weighted by molar-refractivity contribution is 5.69. The highest BCUT2D eigenvalue weighted by Gasteiger charge is 2.26. The zero-order valence-corrected chi connectivity index (χ0v) is 13.3. The summed E-state index contributed by atoms with van der Waals surface area (Å²) in [6.45, 7) is 5.60. The first kappa shape index (κ1) is 14.8. The summed E-state index contributed by atoms with van der Waals surface area (Å²) in [4.78, 5) is 11.2. The molecule has 0 amide bonds. The Morgan fingerprint density at radius 2 is 2.23 bits per heavy atom. The molecule has 3 rings (SSSR count). The molecule has 0 bridgehead atoms. The van der Waals surface area contributed by atoms with Crippen LogP contribution in [0, 0.1) is 6.92 Å². The molecule has 5 nitrogen and oxygen atoms in total. The minimum Gasteiger partial charge on any atom is -0.488 e. The fourth-order valence-electron chi connectivity index (χ4n) is 2.74. The molecule has 1 aromatic carbocycles. The highest BCUT2D eigenvalue weighted by atomic mass is 16.5. The van der Waals surface area contributed by atoms with Crippen LogP contribution in [0.15, 0.2) is 24.4 Å². The van der Waals surface area contributed by atoms with Gasteiger partial charge in [0.1, 0.15) is 17.7 Å². The number of ether oxygens (including phenoxy) is 1. The lowest BCUT2D eigenvalue weighted by molar-refractivity contribution is 0.242. The van der Waals surface area contributed by atoms with Gasteiger partial charge in [-0.05, 0) is 37.1 Å². The van der Waals surface area contributed by atoms with Gasteiger partial charge in [-0.2, -0.15) is 0 Å². The summed E-state index contributed by atoms with van der Waals surface area (Å²) >= 11 is 0. The first-order valence-electron chi connectivity index (χ1n) is 7.67. The molecule has 0 saturated heterocycles. The lowest BCUT2D eigenvalue weighted by Crippen LogP contribution is -2.24. The Balaban J connectivity index is 2.06. The molecule has 0 saturated carbocycles. The van der Waals surface area contributed by atoms with E-state index in [1.54, 1.807) is 6.20 Å². The molecule has 2 N–H and O–H groups in total. The molecule has 116 valence electrons. The molecule has 5 heteroatoms. The third-order valence-electron chi connectivity index (χ3n) is 4.05. The summed E-state index contributed by atoms with van der Waals surface area (Å²) in [6, 6.07) is 6.17. The second-order valence-electron chi connectivity index (χ2n) is 5.73. The molecule has 1 aliphatic heterocycles. The summed E-state index contributed by atoms with van der Waals surface area (Å²) < 4.78 is 6.00. The first-order chi connectivity index (χ1) is 10.6. The van der Waals surface area contributed by atoms with Crippen LogP contribution in [-0.4, -0.2) is 36.2 Å². The third kappa shape index (κ3) is 2.64. The number of anilines is 1. The quantitative estimate of drug-likeness (QED) is 0.937. The van der Waals surface area contributed by atoms with Crippen molar-refractivity contribution < 1.29 is 4.74 Å². The number of rotatable bonds is 4. The van der Waals surface area contributed by atoms with Crippen LogP contribution in [0.25, 0.3) is 11.4 Å². The maximum atomic E-state index is 6.00. The third-order valence-corrected chi connectivity index (χ3v) is 4.05. The molecule has 0 radical (unpaired) electrons. The molecule has 1 atom stereocenters. The van der Waals surface area contributed by atoms with E-state index in [4.69, 9.17) is 10.5 Å². The fourth-order valence-corrected chi connectivity index (χ4v) is 2.74. The molecule has 1 aromatic heterocycles. The van der Waals surface area contributed by atoms with Crippen LogP contribution in [0.3, 0.4) is 0 Å². The van der Waals surface area contributed by atoms with E-state index >= 15 is 0 Å². The summed E-state index contributed by atoms with van der Waals surface area (Å²) in [5.41, 5.74) is 9.10. The maximum Gasteiger partial charge on any atom is 0.165 e. The van der Waals surface area contributed by atoms with Gasteiger partial charge in [-0.15, -0.1) is 0 Å². The molecule has 0 fully saturated rings. The van der Waals surface area contributed by atoms with E-state index in [1.165, 1.54) is 11.1 Å². The average molecular weight is 298 g/mol. The maximum absolute atomic E-state index is 6.00. The largest absolute Gasteiger partial charge is 0.488 e. The normalized spacial score (nSPS) is 16.3. The van der Waals surface area contributed by atoms with Gasteiger partial charge in [0.2, 0.25) is 0 Å². The van der Waals surface area contributed by atoms with Gasteiger partial charge in [0.05, 0.1) is 5.56 Å². The number of aryl methyl sites for hydroxylation is 1. The van der Waals surface area contributed by atoms with Crippen LogP contribution in [-0.2, 0) is 6.42 Å². The summed E-state index contributed by atoms with van der Waals surface area (Å²) in [5, 5.41) is 0. The van der Waals surface area contributed by atoms with Crippen molar-refractivity contribution in [3.63, 3.8) is 0 Å². The van der Waals surface area contributed by atoms with Gasteiger partial charge in [-0.1, -0.05) is 6.07 Å². The molecule has 1 aliphatic rings. The fraction of sp³-hybridized carbons (Fsp3) is 0.412. The molecule has 2 heterocycles. The van der Waals surface area contributed by atoms with Crippen molar-refractivity contribution in [3.05, 3.63) is 35.5 Å². The molecular formula is C17H22N4O. The summed E-state index contributed by atoms with van der Waals surface area (Å²) in [7, 11) is 2.02. The first-order valence-corrected chi connectivity index (χ1v) is 7.67. The number of hydrogen-bond acceptors (Lipinski definition) is 5. The molecule has 0 spiro atoms. The number of nitrogens with zero attached hydrogens (tertiary/aromatic N) is 3. The zero-order valence-electron chi connectivity index (χ0n) is 13.3. The molecule has 2 aromatic rings. The van der Waals surface area contributed by atoms with Crippen LogP contribution in [0.4, 0.5) is 5.82 Å². The lowest BCUT2D eigenvalue weighted by Gasteiger charge is -2.16. The zero-order chi connectivity index (χ0) is 15.7. The number of hydrogen-bond donors (Lipinski definition) is 1. The van der Waals surface area contributed by atoms with Crippen LogP contribution >= 0.6 is 0 Å². The minimum absolute atomic E-state index is 0.0528. The number of nitrogens with two attached hydrogens (primary N) is 1. The predicted molar refractivity (Wildman–Crippen MR) is 88.3 cm³/mol. The highest BCUT2D eigenvalue weighted by Crippen LogP contribution is 2.38. The number of fused-ring (bicyclic) bond motifs is 1. The topological polar surface area (TPSA) is 64.3 Å². The number of benzene rings is 1. The Hall–Kier alpha value is -2.14.